The van der Waals surface area contributed by atoms with Crippen molar-refractivity contribution in [2.75, 3.05) is 11.9 Å². The molecule has 0 unspecified atom stereocenters. The van der Waals surface area contributed by atoms with Gasteiger partial charge in [0.1, 0.15) is 5.69 Å². The number of azo groups is 1. The largest absolute Gasteiger partial charge is 0.421 e. The zero-order chi connectivity index (χ0) is 13.7. The average molecular weight is 258 g/mol. The van der Waals surface area contributed by atoms with Crippen LogP contribution in [0.4, 0.5) is 17.3 Å². The van der Waals surface area contributed by atoms with Crippen LogP contribution in [0.15, 0.2) is 46.9 Å². The van der Waals surface area contributed by atoms with Crippen LogP contribution >= 0.6 is 0 Å². The van der Waals surface area contributed by atoms with Crippen molar-refractivity contribution in [3.8, 4) is 0 Å². The Morgan fingerprint density at radius 1 is 1.21 bits per heavy atom. The third-order valence-electron chi connectivity index (χ3n) is 2.85. The molecule has 100 valence electrons. The zero-order valence-corrected chi connectivity index (χ0v) is 11.7. The topological polar surface area (TPSA) is 45.6 Å². The van der Waals surface area contributed by atoms with Gasteiger partial charge >= 0.3 is 5.95 Å². The van der Waals surface area contributed by atoms with Gasteiger partial charge in [-0.1, -0.05) is 12.0 Å². The summed E-state index contributed by atoms with van der Waals surface area (Å²) in [5, 5.41) is 11.8. The molecule has 0 aliphatic rings. The van der Waals surface area contributed by atoms with E-state index in [-0.39, 0.29) is 0 Å². The van der Waals surface area contributed by atoms with E-state index in [0.717, 1.165) is 30.3 Å². The summed E-state index contributed by atoms with van der Waals surface area (Å²) in [7, 11) is 3.90. The highest BCUT2D eigenvalue weighted by Crippen LogP contribution is 2.18. The summed E-state index contributed by atoms with van der Waals surface area (Å²) >= 11 is 0. The summed E-state index contributed by atoms with van der Waals surface area (Å²) in [4.78, 5) is 0. The summed E-state index contributed by atoms with van der Waals surface area (Å²) in [5.41, 5.74) is 1.97. The monoisotopic (exact) mass is 258 g/mol. The van der Waals surface area contributed by atoms with Gasteiger partial charge in [-0.15, -0.1) is 0 Å². The minimum absolute atomic E-state index is 0.813. The lowest BCUT2D eigenvalue weighted by molar-refractivity contribution is -0.657. The maximum absolute atomic E-state index is 4.26. The Labute approximate surface area is 113 Å². The molecule has 0 spiro atoms. The lowest BCUT2D eigenvalue weighted by atomic mass is 10.3. The van der Waals surface area contributed by atoms with E-state index in [1.54, 1.807) is 0 Å². The molecule has 19 heavy (non-hydrogen) atoms. The first kappa shape index (κ1) is 13.3. The normalized spacial score (nSPS) is 11.1. The number of rotatable bonds is 5. The minimum atomic E-state index is 0.813. The first-order chi connectivity index (χ1) is 9.20. The van der Waals surface area contributed by atoms with Crippen LogP contribution in [-0.4, -0.2) is 11.1 Å². The van der Waals surface area contributed by atoms with Crippen LogP contribution in [0.3, 0.4) is 0 Å². The quantitative estimate of drug-likeness (QED) is 0.650. The third kappa shape index (κ3) is 3.40. The number of hydrogen-bond acceptors (Lipinski definition) is 3. The number of nitrogens with one attached hydrogen (secondary N) is 1. The van der Waals surface area contributed by atoms with Crippen molar-refractivity contribution in [2.45, 2.75) is 13.3 Å². The van der Waals surface area contributed by atoms with E-state index in [4.69, 9.17) is 0 Å². The first-order valence-corrected chi connectivity index (χ1v) is 6.47. The summed E-state index contributed by atoms with van der Waals surface area (Å²) in [6, 6.07) is 7.97. The van der Waals surface area contributed by atoms with Crippen molar-refractivity contribution in [2.24, 2.45) is 24.3 Å². The third-order valence-corrected chi connectivity index (χ3v) is 2.85. The Bertz CT molecular complexity index is 534. The predicted molar refractivity (Wildman–Crippen MR) is 76.0 cm³/mol. The fourth-order valence-corrected chi connectivity index (χ4v) is 1.74. The van der Waals surface area contributed by atoms with Crippen LogP contribution in [0, 0.1) is 0 Å². The van der Waals surface area contributed by atoms with Gasteiger partial charge in [-0.25, -0.2) is 9.13 Å². The van der Waals surface area contributed by atoms with Gasteiger partial charge in [0.2, 0.25) is 0 Å². The van der Waals surface area contributed by atoms with E-state index >= 15 is 0 Å². The Morgan fingerprint density at radius 2 is 1.95 bits per heavy atom. The number of nitrogens with zero attached hydrogens (tertiary/aromatic N) is 4. The van der Waals surface area contributed by atoms with Crippen molar-refractivity contribution in [3.63, 3.8) is 0 Å². The summed E-state index contributed by atoms with van der Waals surface area (Å²) in [5.74, 6) is 0.813. The van der Waals surface area contributed by atoms with Crippen LogP contribution < -0.4 is 9.88 Å². The van der Waals surface area contributed by atoms with Crippen molar-refractivity contribution in [1.82, 2.24) is 4.57 Å². The molecule has 0 aliphatic heterocycles. The molecule has 5 heteroatoms. The Hall–Kier alpha value is -2.17. The number of imidazole rings is 1. The van der Waals surface area contributed by atoms with Gasteiger partial charge in [0.25, 0.3) is 0 Å². The second-order valence-electron chi connectivity index (χ2n) is 4.49. The van der Waals surface area contributed by atoms with Gasteiger partial charge < -0.3 is 5.32 Å². The highest BCUT2D eigenvalue weighted by Gasteiger charge is 2.09. The minimum Gasteiger partial charge on any atom is -0.385 e. The molecule has 0 amide bonds. The second-order valence-corrected chi connectivity index (χ2v) is 4.49. The average Bonchev–Trinajstić information content (AvgIpc) is 2.75. The molecule has 2 rings (SSSR count). The van der Waals surface area contributed by atoms with Gasteiger partial charge in [0.15, 0.2) is 0 Å². The molecule has 1 aromatic heterocycles. The second kappa shape index (κ2) is 6.13. The predicted octanol–water partition coefficient (Wildman–Crippen LogP) is 3.09. The van der Waals surface area contributed by atoms with E-state index in [9.17, 15) is 0 Å². The molecule has 1 heterocycles. The summed E-state index contributed by atoms with van der Waals surface area (Å²) in [6.45, 7) is 3.13. The SMILES string of the molecule is CCCNc1ccc(/N=N/c2n(C)cc[n+]2C)cc1. The van der Waals surface area contributed by atoms with Crippen LogP contribution in [0.2, 0.25) is 0 Å². The lowest BCUT2D eigenvalue weighted by Crippen LogP contribution is -2.25. The molecule has 0 bridgehead atoms. The zero-order valence-electron chi connectivity index (χ0n) is 11.7. The molecule has 0 saturated carbocycles. The molecule has 0 atom stereocenters. The molecule has 2 aromatic rings. The van der Waals surface area contributed by atoms with Crippen molar-refractivity contribution >= 4 is 17.3 Å². The van der Waals surface area contributed by atoms with E-state index in [2.05, 4.69) is 22.5 Å². The van der Waals surface area contributed by atoms with E-state index < -0.39 is 0 Å². The van der Waals surface area contributed by atoms with Crippen LogP contribution in [0.1, 0.15) is 13.3 Å². The fourth-order valence-electron chi connectivity index (χ4n) is 1.74. The summed E-state index contributed by atoms with van der Waals surface area (Å²) < 4.78 is 3.86. The first-order valence-electron chi connectivity index (χ1n) is 6.47. The number of hydrogen-bond donors (Lipinski definition) is 1. The molecular formula is C14H20N5+. The Balaban J connectivity index is 2.07. The highest BCUT2D eigenvalue weighted by molar-refractivity contribution is 5.50. The van der Waals surface area contributed by atoms with Gasteiger partial charge in [-0.2, -0.15) is 0 Å². The van der Waals surface area contributed by atoms with Crippen LogP contribution in [0.25, 0.3) is 0 Å². The number of anilines is 1. The fraction of sp³-hybridized carbons (Fsp3) is 0.357. The number of benzene rings is 1. The molecule has 1 aromatic carbocycles. The van der Waals surface area contributed by atoms with E-state index in [0.29, 0.717) is 0 Å². The summed E-state index contributed by atoms with van der Waals surface area (Å²) in [6.07, 6.45) is 5.02. The van der Waals surface area contributed by atoms with Gasteiger partial charge in [-0.3, -0.25) is 0 Å². The molecule has 0 saturated heterocycles. The maximum Gasteiger partial charge on any atom is 0.421 e. The molecule has 1 N–H and O–H groups in total. The molecular weight excluding hydrogens is 238 g/mol. The number of aryl methyl sites for hydroxylation is 2. The van der Waals surface area contributed by atoms with E-state index in [1.165, 1.54) is 0 Å². The standard InChI is InChI=1S/C14H19N5/c1-4-9-15-12-5-7-13(8-6-12)16-17-14-18(2)10-11-19(14)3/h5-8,10-11H,4,9H2,1-3H3/p+1. The Kier molecular flexibility index (Phi) is 4.28. The maximum atomic E-state index is 4.26. The smallest absolute Gasteiger partial charge is 0.385 e. The van der Waals surface area contributed by atoms with Crippen molar-refractivity contribution in [3.05, 3.63) is 36.7 Å². The molecule has 0 radical (unpaired) electrons. The Morgan fingerprint density at radius 3 is 2.53 bits per heavy atom. The highest BCUT2D eigenvalue weighted by atomic mass is 15.3. The lowest BCUT2D eigenvalue weighted by Gasteiger charge is -2.03. The molecule has 5 nitrogen and oxygen atoms in total. The van der Waals surface area contributed by atoms with Gasteiger partial charge in [0, 0.05) is 17.3 Å². The van der Waals surface area contributed by atoms with Crippen molar-refractivity contribution in [1.29, 1.82) is 0 Å². The molecule has 0 fully saturated rings. The van der Waals surface area contributed by atoms with Gasteiger partial charge in [-0.05, 0) is 30.7 Å². The van der Waals surface area contributed by atoms with Crippen LogP contribution in [-0.2, 0) is 14.1 Å². The van der Waals surface area contributed by atoms with Crippen LogP contribution in [0.5, 0.6) is 0 Å². The van der Waals surface area contributed by atoms with Gasteiger partial charge in [0.05, 0.1) is 26.5 Å². The number of aromatic nitrogens is 2. The van der Waals surface area contributed by atoms with E-state index in [1.807, 2.05) is 59.9 Å². The molecule has 0 aliphatic carbocycles. The van der Waals surface area contributed by atoms with Crippen molar-refractivity contribution < 1.29 is 4.57 Å².